The van der Waals surface area contributed by atoms with Gasteiger partial charge in [0.2, 0.25) is 0 Å². The SMILES string of the molecule is O=S(=O)(Nc1cc2ccccc2s1)c1ccccc1. The van der Waals surface area contributed by atoms with Gasteiger partial charge in [0.25, 0.3) is 10.0 Å². The van der Waals surface area contributed by atoms with E-state index in [1.165, 1.54) is 11.3 Å². The van der Waals surface area contributed by atoms with E-state index in [1.807, 2.05) is 30.3 Å². The Kier molecular flexibility index (Phi) is 3.00. The van der Waals surface area contributed by atoms with Gasteiger partial charge in [-0.3, -0.25) is 4.72 Å². The second kappa shape index (κ2) is 4.68. The maximum Gasteiger partial charge on any atom is 0.262 e. The van der Waals surface area contributed by atoms with Crippen molar-refractivity contribution >= 4 is 36.4 Å². The van der Waals surface area contributed by atoms with Crippen LogP contribution in [0.2, 0.25) is 0 Å². The maximum atomic E-state index is 12.2. The smallest absolute Gasteiger partial charge is 0.262 e. The molecule has 0 radical (unpaired) electrons. The number of fused-ring (bicyclic) bond motifs is 1. The average molecular weight is 289 g/mol. The predicted octanol–water partition coefficient (Wildman–Crippen LogP) is 3.70. The van der Waals surface area contributed by atoms with E-state index in [9.17, 15) is 8.42 Å². The fraction of sp³-hybridized carbons (Fsp3) is 0. The highest BCUT2D eigenvalue weighted by Gasteiger charge is 2.14. The summed E-state index contributed by atoms with van der Waals surface area (Å²) >= 11 is 1.43. The summed E-state index contributed by atoms with van der Waals surface area (Å²) in [4.78, 5) is 0.271. The molecule has 3 rings (SSSR count). The number of rotatable bonds is 3. The van der Waals surface area contributed by atoms with Gasteiger partial charge in [-0.05, 0) is 29.7 Å². The van der Waals surface area contributed by atoms with Crippen molar-refractivity contribution in [2.24, 2.45) is 0 Å². The van der Waals surface area contributed by atoms with Gasteiger partial charge >= 0.3 is 0 Å². The van der Waals surface area contributed by atoms with E-state index in [-0.39, 0.29) is 4.90 Å². The average Bonchev–Trinajstić information content (AvgIpc) is 2.81. The summed E-state index contributed by atoms with van der Waals surface area (Å²) in [6.45, 7) is 0. The molecule has 0 atom stereocenters. The summed E-state index contributed by atoms with van der Waals surface area (Å²) in [5, 5.41) is 1.67. The van der Waals surface area contributed by atoms with E-state index >= 15 is 0 Å². The summed E-state index contributed by atoms with van der Waals surface area (Å²) in [6, 6.07) is 18.0. The largest absolute Gasteiger partial charge is 0.270 e. The minimum Gasteiger partial charge on any atom is -0.270 e. The molecule has 0 aliphatic rings. The Balaban J connectivity index is 1.97. The first kappa shape index (κ1) is 12.2. The van der Waals surface area contributed by atoms with Crippen LogP contribution in [0.15, 0.2) is 65.6 Å². The summed E-state index contributed by atoms with van der Waals surface area (Å²) < 4.78 is 28.0. The van der Waals surface area contributed by atoms with Crippen LogP contribution in [0.4, 0.5) is 5.00 Å². The van der Waals surface area contributed by atoms with Crippen molar-refractivity contribution in [2.75, 3.05) is 4.72 Å². The maximum absolute atomic E-state index is 12.2. The number of hydrogen-bond donors (Lipinski definition) is 1. The minimum atomic E-state index is -3.50. The molecular formula is C14H11NO2S2. The van der Waals surface area contributed by atoms with Crippen LogP contribution in [0, 0.1) is 0 Å². The van der Waals surface area contributed by atoms with Crippen LogP contribution in [0.25, 0.3) is 10.1 Å². The lowest BCUT2D eigenvalue weighted by molar-refractivity contribution is 0.601. The molecule has 1 N–H and O–H groups in total. The van der Waals surface area contributed by atoms with Crippen molar-refractivity contribution in [3.8, 4) is 0 Å². The lowest BCUT2D eigenvalue weighted by atomic mass is 10.3. The van der Waals surface area contributed by atoms with Crippen molar-refractivity contribution in [1.29, 1.82) is 0 Å². The summed E-state index contributed by atoms with van der Waals surface area (Å²) in [7, 11) is -3.50. The number of anilines is 1. The molecule has 2 aromatic carbocycles. The molecule has 5 heteroatoms. The van der Waals surface area contributed by atoms with Gasteiger partial charge in [0.05, 0.1) is 4.90 Å². The fourth-order valence-electron chi connectivity index (χ4n) is 1.82. The first-order chi connectivity index (χ1) is 9.15. The van der Waals surface area contributed by atoms with Crippen LogP contribution < -0.4 is 4.72 Å². The Morgan fingerprint density at radius 1 is 0.895 bits per heavy atom. The zero-order valence-corrected chi connectivity index (χ0v) is 11.5. The zero-order valence-electron chi connectivity index (χ0n) is 9.91. The van der Waals surface area contributed by atoms with Crippen LogP contribution in [-0.2, 0) is 10.0 Å². The van der Waals surface area contributed by atoms with E-state index in [2.05, 4.69) is 4.72 Å². The lowest BCUT2D eigenvalue weighted by Crippen LogP contribution is -2.11. The molecule has 0 amide bonds. The van der Waals surface area contributed by atoms with E-state index in [4.69, 9.17) is 0 Å². The second-order valence-electron chi connectivity index (χ2n) is 4.07. The molecule has 0 saturated carbocycles. The highest BCUT2D eigenvalue weighted by Crippen LogP contribution is 2.30. The van der Waals surface area contributed by atoms with Crippen LogP contribution in [0.1, 0.15) is 0 Å². The van der Waals surface area contributed by atoms with Crippen molar-refractivity contribution in [2.45, 2.75) is 4.90 Å². The molecular weight excluding hydrogens is 278 g/mol. The monoisotopic (exact) mass is 289 g/mol. The van der Waals surface area contributed by atoms with Gasteiger partial charge in [-0.25, -0.2) is 8.42 Å². The molecule has 0 fully saturated rings. The van der Waals surface area contributed by atoms with Crippen LogP contribution >= 0.6 is 11.3 Å². The molecule has 0 bridgehead atoms. The van der Waals surface area contributed by atoms with Crippen molar-refractivity contribution in [1.82, 2.24) is 0 Å². The number of sulfonamides is 1. The summed E-state index contributed by atoms with van der Waals surface area (Å²) in [5.74, 6) is 0. The third-order valence-electron chi connectivity index (χ3n) is 2.71. The van der Waals surface area contributed by atoms with Crippen molar-refractivity contribution in [3.05, 3.63) is 60.7 Å². The van der Waals surface area contributed by atoms with Crippen LogP contribution in [0.3, 0.4) is 0 Å². The van der Waals surface area contributed by atoms with Gasteiger partial charge in [0.15, 0.2) is 0 Å². The third kappa shape index (κ3) is 2.47. The standard InChI is InChI=1S/C14H11NO2S2/c16-19(17,12-7-2-1-3-8-12)15-14-10-11-6-4-5-9-13(11)18-14/h1-10,15H. The van der Waals surface area contributed by atoms with Gasteiger partial charge in [0.1, 0.15) is 5.00 Å². The van der Waals surface area contributed by atoms with E-state index in [1.54, 1.807) is 30.3 Å². The van der Waals surface area contributed by atoms with E-state index < -0.39 is 10.0 Å². The molecule has 3 aromatic rings. The number of hydrogen-bond acceptors (Lipinski definition) is 3. The van der Waals surface area contributed by atoms with Gasteiger partial charge in [-0.2, -0.15) is 0 Å². The van der Waals surface area contributed by atoms with Gasteiger partial charge in [-0.15, -0.1) is 11.3 Å². The Bertz CT molecular complexity index is 775. The molecule has 0 aliphatic heterocycles. The predicted molar refractivity (Wildman–Crippen MR) is 79.1 cm³/mol. The number of thiophene rings is 1. The molecule has 0 saturated heterocycles. The van der Waals surface area contributed by atoms with Gasteiger partial charge < -0.3 is 0 Å². The van der Waals surface area contributed by atoms with Crippen molar-refractivity contribution < 1.29 is 8.42 Å². The van der Waals surface area contributed by atoms with Gasteiger partial charge in [-0.1, -0.05) is 36.4 Å². The van der Waals surface area contributed by atoms with Crippen LogP contribution in [-0.4, -0.2) is 8.42 Å². The molecule has 3 nitrogen and oxygen atoms in total. The van der Waals surface area contributed by atoms with Crippen LogP contribution in [0.5, 0.6) is 0 Å². The quantitative estimate of drug-likeness (QED) is 0.799. The molecule has 19 heavy (non-hydrogen) atoms. The Hall–Kier alpha value is -1.85. The Labute approximate surface area is 115 Å². The Morgan fingerprint density at radius 2 is 1.58 bits per heavy atom. The first-order valence-electron chi connectivity index (χ1n) is 5.72. The highest BCUT2D eigenvalue weighted by atomic mass is 32.2. The minimum absolute atomic E-state index is 0.271. The molecule has 1 heterocycles. The Morgan fingerprint density at radius 3 is 2.32 bits per heavy atom. The normalized spacial score (nSPS) is 11.6. The second-order valence-corrected chi connectivity index (χ2v) is 6.83. The van der Waals surface area contributed by atoms with E-state index in [0.717, 1.165) is 10.1 Å². The molecule has 0 unspecified atom stereocenters. The topological polar surface area (TPSA) is 46.2 Å². The molecule has 0 spiro atoms. The third-order valence-corrected chi connectivity index (χ3v) is 5.26. The zero-order chi connectivity index (χ0) is 13.3. The number of nitrogens with one attached hydrogen (secondary N) is 1. The molecule has 1 aromatic heterocycles. The summed E-state index contributed by atoms with van der Waals surface area (Å²) in [5.41, 5.74) is 0. The fourth-order valence-corrected chi connectivity index (χ4v) is 4.09. The summed E-state index contributed by atoms with van der Waals surface area (Å²) in [6.07, 6.45) is 0. The lowest BCUT2D eigenvalue weighted by Gasteiger charge is -2.04. The number of benzene rings is 2. The van der Waals surface area contributed by atoms with Crippen molar-refractivity contribution in [3.63, 3.8) is 0 Å². The molecule has 96 valence electrons. The van der Waals surface area contributed by atoms with Gasteiger partial charge in [0, 0.05) is 4.70 Å². The molecule has 0 aliphatic carbocycles. The first-order valence-corrected chi connectivity index (χ1v) is 8.01. The van der Waals surface area contributed by atoms with E-state index in [0.29, 0.717) is 5.00 Å². The highest BCUT2D eigenvalue weighted by molar-refractivity contribution is 7.93.